The Balaban J connectivity index is 1.74. The van der Waals surface area contributed by atoms with E-state index in [0.29, 0.717) is 5.56 Å². The molecular weight excluding hydrogens is 379 g/mol. The van der Waals surface area contributed by atoms with Crippen LogP contribution in [0, 0.1) is 0 Å². The van der Waals surface area contributed by atoms with E-state index in [1.54, 1.807) is 0 Å². The average molecular weight is 393 g/mol. The molecule has 0 fully saturated rings. The van der Waals surface area contributed by atoms with Crippen molar-refractivity contribution in [3.05, 3.63) is 65.1 Å². The highest BCUT2D eigenvalue weighted by atomic mass is 19.4. The second-order valence-electron chi connectivity index (χ2n) is 5.89. The van der Waals surface area contributed by atoms with E-state index in [-0.39, 0.29) is 23.6 Å². The van der Waals surface area contributed by atoms with Gasteiger partial charge >= 0.3 is 12.1 Å². The minimum absolute atomic E-state index is 0.0614. The zero-order chi connectivity index (χ0) is 20.5. The molecule has 3 aromatic rings. The van der Waals surface area contributed by atoms with E-state index in [1.165, 1.54) is 36.1 Å². The Morgan fingerprint density at radius 2 is 2.00 bits per heavy atom. The number of carboxylic acids is 1. The van der Waals surface area contributed by atoms with Crippen LogP contribution in [0.5, 0.6) is 0 Å². The number of rotatable bonds is 5. The van der Waals surface area contributed by atoms with Gasteiger partial charge in [0.1, 0.15) is 11.3 Å². The van der Waals surface area contributed by atoms with E-state index in [9.17, 15) is 22.8 Å². The molecule has 0 radical (unpaired) electrons. The fraction of sp³-hybridized carbons (Fsp3) is 0.176. The van der Waals surface area contributed by atoms with Crippen molar-refractivity contribution in [2.75, 3.05) is 5.32 Å². The van der Waals surface area contributed by atoms with Crippen molar-refractivity contribution in [2.45, 2.75) is 12.7 Å². The SMILES string of the molecule is Cn1ncc(C(=O)O)c1C(=O)Nc1ccn(Cc2cccc(C(F)(F)F)c2)n1. The maximum atomic E-state index is 12.8. The van der Waals surface area contributed by atoms with E-state index in [1.807, 2.05) is 0 Å². The number of alkyl halides is 3. The molecule has 0 bridgehead atoms. The standard InChI is InChI=1S/C17H14F3N5O3/c1-24-14(12(8-21-24)16(27)28)15(26)22-13-5-6-25(23-13)9-10-3-2-4-11(7-10)17(18,19)20/h2-8H,9H2,1H3,(H,27,28)(H,22,23,26). The van der Waals surface area contributed by atoms with Crippen LogP contribution in [-0.2, 0) is 19.8 Å². The van der Waals surface area contributed by atoms with Crippen molar-refractivity contribution in [1.29, 1.82) is 0 Å². The molecule has 0 aliphatic carbocycles. The van der Waals surface area contributed by atoms with Gasteiger partial charge in [0.05, 0.1) is 18.3 Å². The Morgan fingerprint density at radius 1 is 1.25 bits per heavy atom. The zero-order valence-corrected chi connectivity index (χ0v) is 14.4. The highest BCUT2D eigenvalue weighted by molar-refractivity contribution is 6.09. The summed E-state index contributed by atoms with van der Waals surface area (Å²) >= 11 is 0. The molecule has 28 heavy (non-hydrogen) atoms. The molecule has 0 atom stereocenters. The summed E-state index contributed by atoms with van der Waals surface area (Å²) in [7, 11) is 1.42. The molecule has 3 rings (SSSR count). The second-order valence-corrected chi connectivity index (χ2v) is 5.89. The maximum Gasteiger partial charge on any atom is 0.416 e. The third-order valence-corrected chi connectivity index (χ3v) is 3.87. The number of aromatic carboxylic acids is 1. The van der Waals surface area contributed by atoms with Crippen LogP contribution in [0.1, 0.15) is 32.0 Å². The molecule has 1 aromatic carbocycles. The van der Waals surface area contributed by atoms with E-state index >= 15 is 0 Å². The fourth-order valence-corrected chi connectivity index (χ4v) is 2.59. The van der Waals surface area contributed by atoms with Crippen molar-refractivity contribution in [3.8, 4) is 0 Å². The van der Waals surface area contributed by atoms with Gasteiger partial charge in [-0.2, -0.15) is 23.4 Å². The Bertz CT molecular complexity index is 1040. The van der Waals surface area contributed by atoms with E-state index < -0.39 is 23.6 Å². The number of hydrogen-bond donors (Lipinski definition) is 2. The van der Waals surface area contributed by atoms with Crippen molar-refractivity contribution in [3.63, 3.8) is 0 Å². The first kappa shape index (κ1) is 19.1. The number of benzene rings is 1. The van der Waals surface area contributed by atoms with Crippen molar-refractivity contribution in [2.24, 2.45) is 7.05 Å². The van der Waals surface area contributed by atoms with Crippen LogP contribution in [0.3, 0.4) is 0 Å². The lowest BCUT2D eigenvalue weighted by Gasteiger charge is -2.09. The Labute approximate surface area is 156 Å². The number of carbonyl (C=O) groups is 2. The van der Waals surface area contributed by atoms with Crippen LogP contribution in [-0.4, -0.2) is 36.5 Å². The predicted octanol–water partition coefficient (Wildman–Crippen LogP) is 2.63. The largest absolute Gasteiger partial charge is 0.478 e. The van der Waals surface area contributed by atoms with Crippen LogP contribution in [0.4, 0.5) is 19.0 Å². The van der Waals surface area contributed by atoms with E-state index in [2.05, 4.69) is 15.5 Å². The summed E-state index contributed by atoms with van der Waals surface area (Å²) in [5.41, 5.74) is -0.790. The summed E-state index contributed by atoms with van der Waals surface area (Å²) in [6.45, 7) is 0.0614. The van der Waals surface area contributed by atoms with Gasteiger partial charge in [-0.15, -0.1) is 0 Å². The van der Waals surface area contributed by atoms with Crippen molar-refractivity contribution >= 4 is 17.7 Å². The highest BCUT2D eigenvalue weighted by Crippen LogP contribution is 2.29. The number of hydrogen-bond acceptors (Lipinski definition) is 4. The molecule has 0 saturated carbocycles. The van der Waals surface area contributed by atoms with Gasteiger partial charge in [0.2, 0.25) is 0 Å². The van der Waals surface area contributed by atoms with Gasteiger partial charge < -0.3 is 10.4 Å². The molecule has 146 valence electrons. The Hall–Kier alpha value is -3.63. The first-order valence-electron chi connectivity index (χ1n) is 7.91. The topological polar surface area (TPSA) is 102 Å². The molecule has 0 spiro atoms. The first-order valence-corrected chi connectivity index (χ1v) is 7.91. The van der Waals surface area contributed by atoms with Crippen molar-refractivity contribution in [1.82, 2.24) is 19.6 Å². The van der Waals surface area contributed by atoms with Crippen LogP contribution >= 0.6 is 0 Å². The lowest BCUT2D eigenvalue weighted by Crippen LogP contribution is -2.19. The third kappa shape index (κ3) is 4.03. The summed E-state index contributed by atoms with van der Waals surface area (Å²) in [4.78, 5) is 23.5. The molecule has 0 aliphatic rings. The van der Waals surface area contributed by atoms with Gasteiger partial charge in [0.25, 0.3) is 5.91 Å². The summed E-state index contributed by atoms with van der Waals surface area (Å²) in [5, 5.41) is 19.4. The lowest BCUT2D eigenvalue weighted by atomic mass is 10.1. The number of amides is 1. The monoisotopic (exact) mass is 393 g/mol. The molecular formula is C17H14F3N5O3. The van der Waals surface area contributed by atoms with Crippen molar-refractivity contribution < 1.29 is 27.9 Å². The van der Waals surface area contributed by atoms with Crippen LogP contribution < -0.4 is 5.32 Å². The summed E-state index contributed by atoms with van der Waals surface area (Å²) < 4.78 is 40.9. The summed E-state index contributed by atoms with van der Waals surface area (Å²) in [6.07, 6.45) is -1.90. The molecule has 11 heteroatoms. The minimum Gasteiger partial charge on any atom is -0.478 e. The Morgan fingerprint density at radius 3 is 2.68 bits per heavy atom. The molecule has 0 unspecified atom stereocenters. The highest BCUT2D eigenvalue weighted by Gasteiger charge is 2.30. The third-order valence-electron chi connectivity index (χ3n) is 3.87. The van der Waals surface area contributed by atoms with Crippen LogP contribution in [0.2, 0.25) is 0 Å². The smallest absolute Gasteiger partial charge is 0.416 e. The molecule has 2 heterocycles. The van der Waals surface area contributed by atoms with Gasteiger partial charge in [-0.1, -0.05) is 12.1 Å². The number of halogens is 3. The number of aryl methyl sites for hydroxylation is 1. The number of carbonyl (C=O) groups excluding carboxylic acids is 1. The van der Waals surface area contributed by atoms with Gasteiger partial charge in [-0.25, -0.2) is 4.79 Å². The van der Waals surface area contributed by atoms with Gasteiger partial charge in [-0.3, -0.25) is 14.2 Å². The zero-order valence-electron chi connectivity index (χ0n) is 14.4. The fourth-order valence-electron chi connectivity index (χ4n) is 2.59. The molecule has 0 saturated heterocycles. The van der Waals surface area contributed by atoms with Crippen LogP contribution in [0.15, 0.2) is 42.7 Å². The number of carboxylic acid groups (broad SMARTS) is 1. The van der Waals surface area contributed by atoms with E-state index in [4.69, 9.17) is 5.11 Å². The molecule has 1 amide bonds. The Kier molecular flexibility index (Phi) is 4.91. The lowest BCUT2D eigenvalue weighted by molar-refractivity contribution is -0.137. The minimum atomic E-state index is -4.44. The molecule has 2 aromatic heterocycles. The summed E-state index contributed by atoms with van der Waals surface area (Å²) in [5.74, 6) is -1.90. The average Bonchev–Trinajstić information content (AvgIpc) is 3.20. The maximum absolute atomic E-state index is 12.8. The molecule has 0 aliphatic heterocycles. The number of nitrogens with one attached hydrogen (secondary N) is 1. The van der Waals surface area contributed by atoms with Crippen LogP contribution in [0.25, 0.3) is 0 Å². The van der Waals surface area contributed by atoms with Gasteiger partial charge in [0.15, 0.2) is 5.82 Å². The first-order chi connectivity index (χ1) is 13.1. The summed E-state index contributed by atoms with van der Waals surface area (Å²) in [6, 6.07) is 6.29. The second kappa shape index (κ2) is 7.18. The quantitative estimate of drug-likeness (QED) is 0.694. The van der Waals surface area contributed by atoms with E-state index in [0.717, 1.165) is 23.0 Å². The van der Waals surface area contributed by atoms with Gasteiger partial charge in [0, 0.05) is 19.3 Å². The number of anilines is 1. The predicted molar refractivity (Wildman–Crippen MR) is 90.9 cm³/mol. The molecule has 8 nitrogen and oxygen atoms in total. The normalized spacial score (nSPS) is 11.4. The number of aromatic nitrogens is 4. The number of nitrogens with zero attached hydrogens (tertiary/aromatic N) is 4. The van der Waals surface area contributed by atoms with Gasteiger partial charge in [-0.05, 0) is 17.7 Å². The molecule has 2 N–H and O–H groups in total.